The number of aryl methyl sites for hydroxylation is 1. The molecule has 1 aliphatic rings. The lowest BCUT2D eigenvalue weighted by molar-refractivity contribution is -0.384. The van der Waals surface area contributed by atoms with E-state index in [2.05, 4.69) is 5.10 Å². The van der Waals surface area contributed by atoms with E-state index >= 15 is 0 Å². The molecule has 2 atom stereocenters. The number of amides is 1. The number of hydrogen-bond acceptors (Lipinski definition) is 6. The Morgan fingerprint density at radius 3 is 2.53 bits per heavy atom. The SMILES string of the molecule is Cc1ccc(-c2cc(C(=O)N3C[C@H](C)O[C@@H](C)C3)n(-c3cccc([N+](=O)[O-])c3)n2)o1. The van der Waals surface area contributed by atoms with Gasteiger partial charge in [-0.2, -0.15) is 5.10 Å². The maximum Gasteiger partial charge on any atom is 0.272 e. The number of nitro groups is 1. The Labute approximate surface area is 173 Å². The highest BCUT2D eigenvalue weighted by molar-refractivity contribution is 5.94. The van der Waals surface area contributed by atoms with Gasteiger partial charge in [0.2, 0.25) is 0 Å². The molecule has 0 bridgehead atoms. The van der Waals surface area contributed by atoms with Crippen molar-refractivity contribution in [2.75, 3.05) is 13.1 Å². The summed E-state index contributed by atoms with van der Waals surface area (Å²) in [7, 11) is 0. The lowest BCUT2D eigenvalue weighted by Crippen LogP contribution is -2.48. The topological polar surface area (TPSA) is 104 Å². The van der Waals surface area contributed by atoms with E-state index in [1.165, 1.54) is 16.8 Å². The number of furan rings is 1. The molecule has 0 spiro atoms. The molecule has 3 heterocycles. The zero-order valence-corrected chi connectivity index (χ0v) is 16.9. The normalized spacial score (nSPS) is 19.1. The summed E-state index contributed by atoms with van der Waals surface area (Å²) in [4.78, 5) is 25.9. The molecule has 0 aliphatic carbocycles. The van der Waals surface area contributed by atoms with Gasteiger partial charge in [0, 0.05) is 31.3 Å². The van der Waals surface area contributed by atoms with Crippen LogP contribution >= 0.6 is 0 Å². The Balaban J connectivity index is 1.80. The standard InChI is InChI=1S/C21H22N4O5/c1-13-7-8-20(30-13)18-10-19(21(26)23-11-14(2)29-15(3)12-23)24(22-18)16-5-4-6-17(9-16)25(27)28/h4-10,14-15H,11-12H2,1-3H3/t14-,15-/m0/s1. The second-order valence-corrected chi connectivity index (χ2v) is 7.48. The van der Waals surface area contributed by atoms with Crippen LogP contribution in [-0.2, 0) is 4.74 Å². The number of ether oxygens (including phenoxy) is 1. The lowest BCUT2D eigenvalue weighted by Gasteiger charge is -2.35. The Morgan fingerprint density at radius 1 is 1.17 bits per heavy atom. The van der Waals surface area contributed by atoms with Gasteiger partial charge in [-0.1, -0.05) is 6.07 Å². The molecule has 1 fully saturated rings. The van der Waals surface area contributed by atoms with Crippen LogP contribution in [0.1, 0.15) is 30.1 Å². The summed E-state index contributed by atoms with van der Waals surface area (Å²) in [5, 5.41) is 15.8. The van der Waals surface area contributed by atoms with Crippen LogP contribution in [-0.4, -0.2) is 50.8 Å². The van der Waals surface area contributed by atoms with Crippen molar-refractivity contribution in [3.8, 4) is 17.1 Å². The van der Waals surface area contributed by atoms with Crippen molar-refractivity contribution in [2.24, 2.45) is 0 Å². The van der Waals surface area contributed by atoms with Crippen molar-refractivity contribution in [1.29, 1.82) is 0 Å². The van der Waals surface area contributed by atoms with Crippen molar-refractivity contribution >= 4 is 11.6 Å². The third kappa shape index (κ3) is 3.84. The van der Waals surface area contributed by atoms with Crippen molar-refractivity contribution in [1.82, 2.24) is 14.7 Å². The fourth-order valence-corrected chi connectivity index (χ4v) is 3.67. The Kier molecular flexibility index (Phi) is 5.13. The first-order valence-corrected chi connectivity index (χ1v) is 9.68. The number of nitrogens with zero attached hydrogens (tertiary/aromatic N) is 4. The Bertz CT molecular complexity index is 1090. The molecule has 0 unspecified atom stereocenters. The minimum Gasteiger partial charge on any atom is -0.460 e. The number of benzene rings is 1. The van der Waals surface area contributed by atoms with E-state index in [9.17, 15) is 14.9 Å². The number of rotatable bonds is 4. The highest BCUT2D eigenvalue weighted by atomic mass is 16.6. The molecule has 9 heteroatoms. The van der Waals surface area contributed by atoms with Gasteiger partial charge in [0.25, 0.3) is 11.6 Å². The molecular formula is C21H22N4O5. The van der Waals surface area contributed by atoms with E-state index in [-0.39, 0.29) is 23.8 Å². The van der Waals surface area contributed by atoms with Gasteiger partial charge in [-0.25, -0.2) is 4.68 Å². The number of hydrogen-bond donors (Lipinski definition) is 0. The van der Waals surface area contributed by atoms with Crippen LogP contribution in [0.15, 0.2) is 46.9 Å². The highest BCUT2D eigenvalue weighted by Gasteiger charge is 2.30. The predicted molar refractivity (Wildman–Crippen MR) is 109 cm³/mol. The van der Waals surface area contributed by atoms with Crippen molar-refractivity contribution in [3.05, 3.63) is 64.0 Å². The molecule has 1 aliphatic heterocycles. The predicted octanol–water partition coefficient (Wildman–Crippen LogP) is 3.60. The molecule has 1 aromatic carbocycles. The van der Waals surface area contributed by atoms with Crippen LogP contribution in [0.25, 0.3) is 17.1 Å². The van der Waals surface area contributed by atoms with Gasteiger partial charge in [0.05, 0.1) is 22.8 Å². The second kappa shape index (κ2) is 7.75. The van der Waals surface area contributed by atoms with Crippen LogP contribution in [0.4, 0.5) is 5.69 Å². The second-order valence-electron chi connectivity index (χ2n) is 7.48. The molecule has 3 aromatic rings. The quantitative estimate of drug-likeness (QED) is 0.481. The summed E-state index contributed by atoms with van der Waals surface area (Å²) in [6, 6.07) is 11.3. The fourth-order valence-electron chi connectivity index (χ4n) is 3.67. The van der Waals surface area contributed by atoms with Gasteiger partial charge in [-0.15, -0.1) is 0 Å². The maximum absolute atomic E-state index is 13.4. The first-order chi connectivity index (χ1) is 14.3. The molecule has 1 amide bonds. The van der Waals surface area contributed by atoms with E-state index in [0.717, 1.165) is 5.76 Å². The van der Waals surface area contributed by atoms with Crippen molar-refractivity contribution in [3.63, 3.8) is 0 Å². The number of non-ortho nitro benzene ring substituents is 1. The number of carbonyl (C=O) groups is 1. The monoisotopic (exact) mass is 410 g/mol. The van der Waals surface area contributed by atoms with Crippen LogP contribution < -0.4 is 0 Å². The van der Waals surface area contributed by atoms with E-state index in [0.29, 0.717) is 35.9 Å². The van der Waals surface area contributed by atoms with E-state index in [1.54, 1.807) is 29.2 Å². The van der Waals surface area contributed by atoms with Gasteiger partial charge in [0.1, 0.15) is 17.1 Å². The fraction of sp³-hybridized carbons (Fsp3) is 0.333. The van der Waals surface area contributed by atoms with Gasteiger partial charge in [-0.05, 0) is 39.0 Å². The third-order valence-electron chi connectivity index (χ3n) is 4.91. The summed E-state index contributed by atoms with van der Waals surface area (Å²) < 4.78 is 12.8. The first-order valence-electron chi connectivity index (χ1n) is 9.68. The zero-order chi connectivity index (χ0) is 21.4. The molecule has 156 valence electrons. The van der Waals surface area contributed by atoms with Crippen LogP contribution in [0.3, 0.4) is 0 Å². The molecule has 0 N–H and O–H groups in total. The third-order valence-corrected chi connectivity index (χ3v) is 4.91. The smallest absolute Gasteiger partial charge is 0.272 e. The summed E-state index contributed by atoms with van der Waals surface area (Å²) in [5.41, 5.74) is 1.13. The Morgan fingerprint density at radius 2 is 1.90 bits per heavy atom. The molecule has 1 saturated heterocycles. The summed E-state index contributed by atoms with van der Waals surface area (Å²) in [5.74, 6) is 1.03. The van der Waals surface area contributed by atoms with Crippen molar-refractivity contribution in [2.45, 2.75) is 33.0 Å². The molecular weight excluding hydrogens is 388 g/mol. The summed E-state index contributed by atoms with van der Waals surface area (Å²) >= 11 is 0. The van der Waals surface area contributed by atoms with Crippen LogP contribution in [0.5, 0.6) is 0 Å². The van der Waals surface area contributed by atoms with E-state index in [1.807, 2.05) is 26.8 Å². The summed E-state index contributed by atoms with van der Waals surface area (Å²) in [6.07, 6.45) is -0.168. The molecule has 0 saturated carbocycles. The lowest BCUT2D eigenvalue weighted by atomic mass is 10.2. The minimum absolute atomic E-state index is 0.0783. The molecule has 4 rings (SSSR count). The number of morpholine rings is 1. The highest BCUT2D eigenvalue weighted by Crippen LogP contribution is 2.26. The molecule has 9 nitrogen and oxygen atoms in total. The maximum atomic E-state index is 13.4. The van der Waals surface area contributed by atoms with E-state index in [4.69, 9.17) is 9.15 Å². The number of nitro benzene ring substituents is 1. The average molecular weight is 410 g/mol. The van der Waals surface area contributed by atoms with Gasteiger partial charge in [0.15, 0.2) is 5.76 Å². The Hall–Kier alpha value is -3.46. The van der Waals surface area contributed by atoms with Gasteiger partial charge in [-0.3, -0.25) is 14.9 Å². The molecule has 2 aromatic heterocycles. The molecule has 0 radical (unpaired) electrons. The summed E-state index contributed by atoms with van der Waals surface area (Å²) in [6.45, 7) is 6.58. The average Bonchev–Trinajstić information content (AvgIpc) is 3.33. The zero-order valence-electron chi connectivity index (χ0n) is 16.9. The first kappa shape index (κ1) is 19.8. The van der Waals surface area contributed by atoms with E-state index < -0.39 is 4.92 Å². The van der Waals surface area contributed by atoms with Crippen molar-refractivity contribution < 1.29 is 18.9 Å². The van der Waals surface area contributed by atoms with Crippen LogP contribution in [0, 0.1) is 17.0 Å². The minimum atomic E-state index is -0.476. The number of carbonyl (C=O) groups excluding carboxylic acids is 1. The largest absolute Gasteiger partial charge is 0.460 e. The molecule has 30 heavy (non-hydrogen) atoms. The number of aromatic nitrogens is 2. The van der Waals surface area contributed by atoms with Gasteiger partial charge >= 0.3 is 0 Å². The van der Waals surface area contributed by atoms with Gasteiger partial charge < -0.3 is 14.1 Å². The van der Waals surface area contributed by atoms with Crippen LogP contribution in [0.2, 0.25) is 0 Å².